The second-order valence-electron chi connectivity index (χ2n) is 6.79. The summed E-state index contributed by atoms with van der Waals surface area (Å²) in [7, 11) is 1.71. The largest absolute Gasteiger partial charge is 0.493 e. The van der Waals surface area contributed by atoms with Crippen LogP contribution in [-0.2, 0) is 0 Å². The van der Waals surface area contributed by atoms with Gasteiger partial charge in [-0.2, -0.15) is 0 Å². The first-order valence-corrected chi connectivity index (χ1v) is 9.35. The van der Waals surface area contributed by atoms with Crippen molar-refractivity contribution in [3.8, 4) is 11.5 Å². The molecule has 0 amide bonds. The van der Waals surface area contributed by atoms with Crippen molar-refractivity contribution >= 4 is 5.69 Å². The molecule has 2 fully saturated rings. The van der Waals surface area contributed by atoms with Gasteiger partial charge in [0.2, 0.25) is 0 Å². The smallest absolute Gasteiger partial charge is 0.162 e. The van der Waals surface area contributed by atoms with E-state index in [9.17, 15) is 0 Å². The molecule has 0 atom stereocenters. The Bertz CT molecular complexity index is 497. The Morgan fingerprint density at radius 1 is 1.17 bits per heavy atom. The number of ether oxygens (including phenoxy) is 2. The molecule has 5 heteroatoms. The fourth-order valence-electron chi connectivity index (χ4n) is 3.56. The lowest BCUT2D eigenvalue weighted by molar-refractivity contribution is 0.254. The fourth-order valence-corrected chi connectivity index (χ4v) is 3.56. The Morgan fingerprint density at radius 2 is 1.96 bits per heavy atom. The molecule has 0 bridgehead atoms. The van der Waals surface area contributed by atoms with E-state index < -0.39 is 0 Å². The molecule has 0 radical (unpaired) electrons. The van der Waals surface area contributed by atoms with Gasteiger partial charge >= 0.3 is 0 Å². The molecule has 2 N–H and O–H groups in total. The lowest BCUT2D eigenvalue weighted by Gasteiger charge is -2.25. The number of piperidine rings is 1. The van der Waals surface area contributed by atoms with E-state index in [0.717, 1.165) is 62.7 Å². The van der Waals surface area contributed by atoms with Crippen LogP contribution in [0.3, 0.4) is 0 Å². The summed E-state index contributed by atoms with van der Waals surface area (Å²) in [6.45, 7) is 6.56. The van der Waals surface area contributed by atoms with Crippen molar-refractivity contribution in [3.05, 3.63) is 18.2 Å². The van der Waals surface area contributed by atoms with Crippen LogP contribution in [0.15, 0.2) is 18.2 Å². The highest BCUT2D eigenvalue weighted by molar-refractivity contribution is 5.55. The third-order valence-corrected chi connectivity index (χ3v) is 4.95. The number of benzene rings is 1. The van der Waals surface area contributed by atoms with Crippen molar-refractivity contribution < 1.29 is 9.47 Å². The summed E-state index contributed by atoms with van der Waals surface area (Å²) >= 11 is 0. The maximum Gasteiger partial charge on any atom is 0.162 e. The van der Waals surface area contributed by atoms with Gasteiger partial charge in [-0.3, -0.25) is 0 Å². The lowest BCUT2D eigenvalue weighted by Crippen LogP contribution is -2.35. The highest BCUT2D eigenvalue weighted by Crippen LogP contribution is 2.31. The number of likely N-dealkylation sites (tertiary alicyclic amines) is 1. The number of nitrogens with zero attached hydrogens (tertiary/aromatic N) is 1. The number of hydrogen-bond donors (Lipinski definition) is 2. The first kappa shape index (κ1) is 17.4. The summed E-state index contributed by atoms with van der Waals surface area (Å²) in [4.78, 5) is 2.52. The predicted molar refractivity (Wildman–Crippen MR) is 98.3 cm³/mol. The summed E-state index contributed by atoms with van der Waals surface area (Å²) < 4.78 is 11.5. The van der Waals surface area contributed by atoms with Crippen molar-refractivity contribution in [1.29, 1.82) is 0 Å². The zero-order valence-corrected chi connectivity index (χ0v) is 14.9. The van der Waals surface area contributed by atoms with Gasteiger partial charge in [0.1, 0.15) is 0 Å². The molecule has 0 unspecified atom stereocenters. The van der Waals surface area contributed by atoms with E-state index in [1.54, 1.807) is 7.11 Å². The van der Waals surface area contributed by atoms with Gasteiger partial charge in [-0.1, -0.05) is 0 Å². The van der Waals surface area contributed by atoms with Crippen LogP contribution < -0.4 is 20.1 Å². The minimum atomic E-state index is 0.545. The summed E-state index contributed by atoms with van der Waals surface area (Å²) in [5, 5.41) is 7.00. The molecule has 1 aromatic rings. The number of hydrogen-bond acceptors (Lipinski definition) is 5. The molecule has 5 nitrogen and oxygen atoms in total. The second-order valence-corrected chi connectivity index (χ2v) is 6.79. The quantitative estimate of drug-likeness (QED) is 0.716. The molecule has 2 aliphatic rings. The minimum absolute atomic E-state index is 0.545. The van der Waals surface area contributed by atoms with Crippen molar-refractivity contribution in [1.82, 2.24) is 10.2 Å². The van der Waals surface area contributed by atoms with Crippen molar-refractivity contribution in [2.75, 3.05) is 51.8 Å². The first-order chi connectivity index (χ1) is 11.8. The Hall–Kier alpha value is -1.46. The second kappa shape index (κ2) is 9.14. The molecule has 2 saturated heterocycles. The summed E-state index contributed by atoms with van der Waals surface area (Å²) in [6.07, 6.45) is 6.09. The van der Waals surface area contributed by atoms with Crippen LogP contribution in [-0.4, -0.2) is 57.4 Å². The van der Waals surface area contributed by atoms with Crippen LogP contribution in [0.25, 0.3) is 0 Å². The van der Waals surface area contributed by atoms with E-state index in [2.05, 4.69) is 27.7 Å². The fraction of sp³-hybridized carbons (Fsp3) is 0.684. The van der Waals surface area contributed by atoms with Gasteiger partial charge in [0.05, 0.1) is 13.7 Å². The van der Waals surface area contributed by atoms with E-state index in [-0.39, 0.29) is 0 Å². The van der Waals surface area contributed by atoms with Crippen LogP contribution in [0.5, 0.6) is 11.5 Å². The van der Waals surface area contributed by atoms with Gasteiger partial charge in [0.25, 0.3) is 0 Å². The molecular weight excluding hydrogens is 302 g/mol. The molecule has 134 valence electrons. The van der Waals surface area contributed by atoms with E-state index in [0.29, 0.717) is 6.04 Å². The highest BCUT2D eigenvalue weighted by atomic mass is 16.5. The predicted octanol–water partition coefficient (Wildman–Crippen LogP) is 2.72. The number of methoxy groups -OCH3 is 1. The topological polar surface area (TPSA) is 45.8 Å². The van der Waals surface area contributed by atoms with Gasteiger partial charge in [0, 0.05) is 24.3 Å². The summed E-state index contributed by atoms with van der Waals surface area (Å²) in [5.74, 6) is 1.66. The SMILES string of the molecule is COc1cc(NC2CCNCC2)ccc1OCCCN1CCCC1. The van der Waals surface area contributed by atoms with Crippen molar-refractivity contribution in [2.45, 2.75) is 38.1 Å². The van der Waals surface area contributed by atoms with Gasteiger partial charge in [-0.25, -0.2) is 0 Å². The molecular formula is C19H31N3O2. The van der Waals surface area contributed by atoms with Crippen LogP contribution in [0, 0.1) is 0 Å². The highest BCUT2D eigenvalue weighted by Gasteiger charge is 2.14. The Labute approximate surface area is 145 Å². The average molecular weight is 333 g/mol. The van der Waals surface area contributed by atoms with Crippen LogP contribution in [0.1, 0.15) is 32.1 Å². The third kappa shape index (κ3) is 5.02. The molecule has 0 aliphatic carbocycles. The Balaban J connectivity index is 1.47. The molecule has 3 rings (SSSR count). The third-order valence-electron chi connectivity index (χ3n) is 4.95. The molecule has 1 aromatic carbocycles. The van der Waals surface area contributed by atoms with Crippen molar-refractivity contribution in [2.24, 2.45) is 0 Å². The van der Waals surface area contributed by atoms with Crippen molar-refractivity contribution in [3.63, 3.8) is 0 Å². The lowest BCUT2D eigenvalue weighted by atomic mass is 10.1. The van der Waals surface area contributed by atoms with Gasteiger partial charge in [-0.15, -0.1) is 0 Å². The molecule has 0 saturated carbocycles. The number of anilines is 1. The average Bonchev–Trinajstić information content (AvgIpc) is 3.14. The molecule has 24 heavy (non-hydrogen) atoms. The molecule has 0 spiro atoms. The Kier molecular flexibility index (Phi) is 6.61. The van der Waals surface area contributed by atoms with E-state index in [1.807, 2.05) is 6.07 Å². The zero-order chi connectivity index (χ0) is 16.6. The molecule has 2 heterocycles. The summed E-state index contributed by atoms with van der Waals surface area (Å²) in [6, 6.07) is 6.72. The standard InChI is InChI=1S/C19H31N3O2/c1-23-19-15-17(21-16-7-9-20-10-8-16)5-6-18(19)24-14-4-13-22-11-2-3-12-22/h5-6,15-16,20-21H,2-4,7-14H2,1H3. The monoisotopic (exact) mass is 333 g/mol. The maximum absolute atomic E-state index is 5.94. The van der Waals surface area contributed by atoms with Crippen LogP contribution in [0.4, 0.5) is 5.69 Å². The van der Waals surface area contributed by atoms with Gasteiger partial charge in [0.15, 0.2) is 11.5 Å². The molecule has 2 aliphatic heterocycles. The van der Waals surface area contributed by atoms with Gasteiger partial charge in [-0.05, 0) is 70.4 Å². The normalized spacial score (nSPS) is 19.4. The first-order valence-electron chi connectivity index (χ1n) is 9.35. The van der Waals surface area contributed by atoms with E-state index >= 15 is 0 Å². The number of nitrogens with one attached hydrogen (secondary N) is 2. The zero-order valence-electron chi connectivity index (χ0n) is 14.9. The van der Waals surface area contributed by atoms with Gasteiger partial charge < -0.3 is 25.0 Å². The minimum Gasteiger partial charge on any atom is -0.493 e. The summed E-state index contributed by atoms with van der Waals surface area (Å²) in [5.41, 5.74) is 1.11. The maximum atomic E-state index is 5.94. The number of rotatable bonds is 8. The Morgan fingerprint density at radius 3 is 2.71 bits per heavy atom. The van der Waals surface area contributed by atoms with E-state index in [4.69, 9.17) is 9.47 Å². The van der Waals surface area contributed by atoms with Crippen LogP contribution >= 0.6 is 0 Å². The van der Waals surface area contributed by atoms with Crippen LogP contribution in [0.2, 0.25) is 0 Å². The van der Waals surface area contributed by atoms with E-state index in [1.165, 1.54) is 25.9 Å². The molecule has 0 aromatic heterocycles.